The van der Waals surface area contributed by atoms with Crippen LogP contribution in [0.5, 0.6) is 0 Å². The van der Waals surface area contributed by atoms with Crippen LogP contribution < -0.4 is 0 Å². The van der Waals surface area contributed by atoms with Gasteiger partial charge in [-0.25, -0.2) is 0 Å². The van der Waals surface area contributed by atoms with Gasteiger partial charge in [0.25, 0.3) is 0 Å². The molecule has 0 bridgehead atoms. The van der Waals surface area contributed by atoms with E-state index < -0.39 is 0 Å². The van der Waals surface area contributed by atoms with Crippen molar-refractivity contribution in [3.8, 4) is 0 Å². The molecule has 0 aliphatic carbocycles. The number of likely N-dealkylation sites (tertiary alicyclic amines) is 1. The van der Waals surface area contributed by atoms with Crippen LogP contribution >= 0.6 is 0 Å². The van der Waals surface area contributed by atoms with E-state index >= 15 is 0 Å². The second-order valence-corrected chi connectivity index (χ2v) is 7.56. The number of hydrogen-bond acceptors (Lipinski definition) is 4. The number of carbonyl (C=O) groups excluding carboxylic acids is 1. The van der Waals surface area contributed by atoms with Crippen LogP contribution in [0.4, 0.5) is 0 Å². The monoisotopic (exact) mass is 347 g/mol. The third kappa shape index (κ3) is 3.90. The van der Waals surface area contributed by atoms with Gasteiger partial charge in [-0.1, -0.05) is 0 Å². The molecular formula is C19H33N5O. The molecule has 2 saturated heterocycles. The van der Waals surface area contributed by atoms with Gasteiger partial charge in [-0.15, -0.1) is 0 Å². The number of carbonyl (C=O) groups is 1. The SMILES string of the molecule is CCn1nc(C)c(CN2CCCN(C(=O)[C@@H]3CCCN3C)CC2)c1C. The van der Waals surface area contributed by atoms with Crippen molar-refractivity contribution < 1.29 is 4.79 Å². The lowest BCUT2D eigenvalue weighted by atomic mass is 10.2. The van der Waals surface area contributed by atoms with Gasteiger partial charge >= 0.3 is 0 Å². The Bertz CT molecular complexity index is 611. The maximum Gasteiger partial charge on any atom is 0.239 e. The fraction of sp³-hybridized carbons (Fsp3) is 0.789. The van der Waals surface area contributed by atoms with Crippen molar-refractivity contribution >= 4 is 5.91 Å². The van der Waals surface area contributed by atoms with Gasteiger partial charge in [-0.05, 0) is 53.6 Å². The fourth-order valence-electron chi connectivity index (χ4n) is 4.28. The smallest absolute Gasteiger partial charge is 0.239 e. The predicted octanol–water partition coefficient (Wildman–Crippen LogP) is 1.65. The first-order chi connectivity index (χ1) is 12.0. The summed E-state index contributed by atoms with van der Waals surface area (Å²) in [6, 6.07) is 0.110. The zero-order chi connectivity index (χ0) is 18.0. The number of aryl methyl sites for hydroxylation is 2. The zero-order valence-electron chi connectivity index (χ0n) is 16.3. The molecule has 2 aliphatic rings. The molecule has 2 aliphatic heterocycles. The normalized spacial score (nSPS) is 23.2. The van der Waals surface area contributed by atoms with Crippen LogP contribution in [0.3, 0.4) is 0 Å². The van der Waals surface area contributed by atoms with Crippen LogP contribution in [0, 0.1) is 13.8 Å². The van der Waals surface area contributed by atoms with E-state index in [2.05, 4.69) is 52.3 Å². The molecule has 1 aromatic heterocycles. The largest absolute Gasteiger partial charge is 0.340 e. The molecule has 140 valence electrons. The van der Waals surface area contributed by atoms with Gasteiger partial charge in [0.2, 0.25) is 5.91 Å². The van der Waals surface area contributed by atoms with Gasteiger partial charge < -0.3 is 4.90 Å². The highest BCUT2D eigenvalue weighted by atomic mass is 16.2. The molecule has 25 heavy (non-hydrogen) atoms. The van der Waals surface area contributed by atoms with Crippen LogP contribution in [0.2, 0.25) is 0 Å². The summed E-state index contributed by atoms with van der Waals surface area (Å²) in [5.41, 5.74) is 3.78. The first-order valence-electron chi connectivity index (χ1n) is 9.75. The van der Waals surface area contributed by atoms with Crippen molar-refractivity contribution in [1.82, 2.24) is 24.5 Å². The molecule has 3 rings (SSSR count). The molecule has 3 heterocycles. The molecule has 1 aromatic rings. The van der Waals surface area contributed by atoms with Crippen molar-refractivity contribution in [2.45, 2.75) is 59.2 Å². The molecule has 0 aromatic carbocycles. The number of hydrogen-bond donors (Lipinski definition) is 0. The fourth-order valence-corrected chi connectivity index (χ4v) is 4.28. The van der Waals surface area contributed by atoms with Crippen LogP contribution in [0.1, 0.15) is 43.1 Å². The predicted molar refractivity (Wildman–Crippen MR) is 99.5 cm³/mol. The Hall–Kier alpha value is -1.40. The van der Waals surface area contributed by atoms with Crippen LogP contribution in [-0.4, -0.2) is 76.2 Å². The number of likely N-dealkylation sites (N-methyl/N-ethyl adjacent to an activating group) is 1. The minimum Gasteiger partial charge on any atom is -0.340 e. The van der Waals surface area contributed by atoms with E-state index in [9.17, 15) is 4.79 Å². The van der Waals surface area contributed by atoms with Gasteiger partial charge in [-0.3, -0.25) is 19.3 Å². The minimum absolute atomic E-state index is 0.110. The lowest BCUT2D eigenvalue weighted by Gasteiger charge is -2.27. The third-order valence-electron chi connectivity index (χ3n) is 5.92. The van der Waals surface area contributed by atoms with Crippen molar-refractivity contribution in [2.75, 3.05) is 39.8 Å². The van der Waals surface area contributed by atoms with E-state index in [1.165, 1.54) is 11.3 Å². The standard InChI is InChI=1S/C19H33N5O/c1-5-24-16(3)17(15(2)20-24)14-22-10-7-11-23(13-12-22)19(25)18-8-6-9-21(18)4/h18H,5-14H2,1-4H3/t18-/m0/s1. The second-order valence-electron chi connectivity index (χ2n) is 7.56. The molecule has 1 amide bonds. The van der Waals surface area contributed by atoms with Gasteiger partial charge in [0, 0.05) is 50.5 Å². The van der Waals surface area contributed by atoms with Gasteiger partial charge in [-0.2, -0.15) is 5.10 Å². The molecule has 6 heteroatoms. The summed E-state index contributed by atoms with van der Waals surface area (Å²) in [5, 5.41) is 4.64. The van der Waals surface area contributed by atoms with E-state index in [-0.39, 0.29) is 6.04 Å². The molecular weight excluding hydrogens is 314 g/mol. The summed E-state index contributed by atoms with van der Waals surface area (Å²) in [5.74, 6) is 0.341. The van der Waals surface area contributed by atoms with E-state index in [1.54, 1.807) is 0 Å². The Balaban J connectivity index is 1.60. The summed E-state index contributed by atoms with van der Waals surface area (Å²) in [4.78, 5) is 19.6. The zero-order valence-corrected chi connectivity index (χ0v) is 16.3. The highest BCUT2D eigenvalue weighted by molar-refractivity contribution is 5.82. The minimum atomic E-state index is 0.110. The summed E-state index contributed by atoms with van der Waals surface area (Å²) < 4.78 is 2.09. The third-order valence-corrected chi connectivity index (χ3v) is 5.92. The summed E-state index contributed by atoms with van der Waals surface area (Å²) >= 11 is 0. The summed E-state index contributed by atoms with van der Waals surface area (Å²) in [7, 11) is 2.08. The molecule has 0 radical (unpaired) electrons. The van der Waals surface area contributed by atoms with Crippen LogP contribution in [0.25, 0.3) is 0 Å². The van der Waals surface area contributed by atoms with Crippen LogP contribution in [0.15, 0.2) is 0 Å². The molecule has 0 spiro atoms. The number of nitrogens with zero attached hydrogens (tertiary/aromatic N) is 5. The van der Waals surface area contributed by atoms with Crippen molar-refractivity contribution in [1.29, 1.82) is 0 Å². The topological polar surface area (TPSA) is 44.6 Å². The molecule has 0 unspecified atom stereocenters. The quantitative estimate of drug-likeness (QED) is 0.831. The average Bonchev–Trinajstić information content (AvgIpc) is 3.03. The van der Waals surface area contributed by atoms with Crippen LogP contribution in [-0.2, 0) is 17.9 Å². The number of rotatable bonds is 4. The van der Waals surface area contributed by atoms with E-state index in [0.29, 0.717) is 5.91 Å². The highest BCUT2D eigenvalue weighted by Gasteiger charge is 2.32. The molecule has 2 fully saturated rings. The summed E-state index contributed by atoms with van der Waals surface area (Å²) in [6.07, 6.45) is 3.22. The molecule has 0 saturated carbocycles. The Labute approximate surface area is 151 Å². The van der Waals surface area contributed by atoms with Crippen molar-refractivity contribution in [3.05, 3.63) is 17.0 Å². The van der Waals surface area contributed by atoms with Crippen molar-refractivity contribution in [3.63, 3.8) is 0 Å². The Morgan fingerprint density at radius 2 is 1.92 bits per heavy atom. The van der Waals surface area contributed by atoms with Gasteiger partial charge in [0.05, 0.1) is 11.7 Å². The Morgan fingerprint density at radius 1 is 1.12 bits per heavy atom. The number of aromatic nitrogens is 2. The highest BCUT2D eigenvalue weighted by Crippen LogP contribution is 2.20. The molecule has 0 N–H and O–H groups in total. The second kappa shape index (κ2) is 7.87. The van der Waals surface area contributed by atoms with E-state index in [1.807, 2.05) is 0 Å². The van der Waals surface area contributed by atoms with Gasteiger partial charge in [0.15, 0.2) is 0 Å². The lowest BCUT2D eigenvalue weighted by molar-refractivity contribution is -0.135. The average molecular weight is 348 g/mol. The Kier molecular flexibility index (Phi) is 5.79. The lowest BCUT2D eigenvalue weighted by Crippen LogP contribution is -2.45. The maximum absolute atomic E-state index is 12.8. The van der Waals surface area contributed by atoms with E-state index in [4.69, 9.17) is 0 Å². The first-order valence-corrected chi connectivity index (χ1v) is 9.75. The maximum atomic E-state index is 12.8. The van der Waals surface area contributed by atoms with E-state index in [0.717, 1.165) is 70.8 Å². The molecule has 1 atom stereocenters. The Morgan fingerprint density at radius 3 is 2.56 bits per heavy atom. The summed E-state index contributed by atoms with van der Waals surface area (Å²) in [6.45, 7) is 13.1. The molecule has 6 nitrogen and oxygen atoms in total. The number of amides is 1. The van der Waals surface area contributed by atoms with Gasteiger partial charge in [0.1, 0.15) is 0 Å². The van der Waals surface area contributed by atoms with Crippen molar-refractivity contribution in [2.24, 2.45) is 0 Å². The first kappa shape index (κ1) is 18.4.